The van der Waals surface area contributed by atoms with E-state index in [0.29, 0.717) is 19.1 Å². The molecular weight excluding hydrogens is 276 g/mol. The van der Waals surface area contributed by atoms with Crippen LogP contribution in [0.5, 0.6) is 0 Å². The lowest BCUT2D eigenvalue weighted by Crippen LogP contribution is -2.34. The van der Waals surface area contributed by atoms with Crippen LogP contribution in [0.4, 0.5) is 17.6 Å². The van der Waals surface area contributed by atoms with Crippen LogP contribution >= 0.6 is 0 Å². The summed E-state index contributed by atoms with van der Waals surface area (Å²) in [6.45, 7) is 2.18. The number of hydrazine groups is 1. The van der Waals surface area contributed by atoms with Gasteiger partial charge in [0.15, 0.2) is 0 Å². The molecule has 0 aromatic heterocycles. The molecule has 0 fully saturated rings. The molecule has 1 aromatic rings. The summed E-state index contributed by atoms with van der Waals surface area (Å²) in [5, 5.41) is 0. The average Bonchev–Trinajstić information content (AvgIpc) is 2.37. The molecule has 7 heteroatoms. The van der Waals surface area contributed by atoms with Crippen molar-refractivity contribution in [1.29, 1.82) is 0 Å². The SMILES string of the molecule is COCCC(C)C(NN)c1cccc(C(F)(F)F)c1F. The van der Waals surface area contributed by atoms with Crippen LogP contribution in [0.15, 0.2) is 18.2 Å². The highest BCUT2D eigenvalue weighted by atomic mass is 19.4. The van der Waals surface area contributed by atoms with Gasteiger partial charge in [-0.25, -0.2) is 4.39 Å². The first kappa shape index (κ1) is 16.9. The van der Waals surface area contributed by atoms with E-state index in [9.17, 15) is 17.6 Å². The minimum absolute atomic E-state index is 0.0917. The third-order valence-electron chi connectivity index (χ3n) is 3.19. The lowest BCUT2D eigenvalue weighted by Gasteiger charge is -2.25. The van der Waals surface area contributed by atoms with E-state index in [4.69, 9.17) is 10.6 Å². The van der Waals surface area contributed by atoms with Crippen molar-refractivity contribution in [2.75, 3.05) is 13.7 Å². The molecule has 0 radical (unpaired) electrons. The lowest BCUT2D eigenvalue weighted by atomic mass is 9.91. The highest BCUT2D eigenvalue weighted by Gasteiger charge is 2.36. The van der Waals surface area contributed by atoms with Gasteiger partial charge in [0.25, 0.3) is 0 Å². The van der Waals surface area contributed by atoms with Gasteiger partial charge in [-0.2, -0.15) is 13.2 Å². The largest absolute Gasteiger partial charge is 0.419 e. The maximum absolute atomic E-state index is 14.0. The van der Waals surface area contributed by atoms with Crippen molar-refractivity contribution < 1.29 is 22.3 Å². The zero-order valence-electron chi connectivity index (χ0n) is 11.3. The Hall–Kier alpha value is -1.18. The summed E-state index contributed by atoms with van der Waals surface area (Å²) < 4.78 is 57.0. The van der Waals surface area contributed by atoms with E-state index < -0.39 is 23.6 Å². The smallest absolute Gasteiger partial charge is 0.385 e. The number of alkyl halides is 3. The zero-order valence-corrected chi connectivity index (χ0v) is 11.3. The molecule has 3 N–H and O–H groups in total. The number of halogens is 4. The summed E-state index contributed by atoms with van der Waals surface area (Å²) in [5.74, 6) is 3.90. The number of nitrogens with one attached hydrogen (secondary N) is 1. The molecule has 20 heavy (non-hydrogen) atoms. The van der Waals surface area contributed by atoms with Gasteiger partial charge >= 0.3 is 6.18 Å². The number of rotatable bonds is 6. The van der Waals surface area contributed by atoms with Crippen molar-refractivity contribution >= 4 is 0 Å². The van der Waals surface area contributed by atoms with Gasteiger partial charge in [-0.3, -0.25) is 11.3 Å². The first-order valence-corrected chi connectivity index (χ1v) is 6.13. The van der Waals surface area contributed by atoms with Crippen LogP contribution in [0.25, 0.3) is 0 Å². The van der Waals surface area contributed by atoms with Gasteiger partial charge in [0.2, 0.25) is 0 Å². The number of methoxy groups -OCH3 is 1. The van der Waals surface area contributed by atoms with Crippen molar-refractivity contribution in [2.24, 2.45) is 11.8 Å². The first-order valence-electron chi connectivity index (χ1n) is 6.13. The molecule has 2 atom stereocenters. The number of hydrogen-bond donors (Lipinski definition) is 2. The molecule has 0 bridgehead atoms. The minimum atomic E-state index is -4.73. The second-order valence-corrected chi connectivity index (χ2v) is 4.61. The predicted octanol–water partition coefficient (Wildman–Crippen LogP) is 3.02. The lowest BCUT2D eigenvalue weighted by molar-refractivity contribution is -0.140. The quantitative estimate of drug-likeness (QED) is 0.481. The van der Waals surface area contributed by atoms with Crippen LogP contribution in [0, 0.1) is 11.7 Å². The Bertz CT molecular complexity index is 437. The summed E-state index contributed by atoms with van der Waals surface area (Å²) in [5.41, 5.74) is 1.01. The van der Waals surface area contributed by atoms with Crippen molar-refractivity contribution in [3.8, 4) is 0 Å². The van der Waals surface area contributed by atoms with E-state index >= 15 is 0 Å². The van der Waals surface area contributed by atoms with Gasteiger partial charge in [-0.05, 0) is 18.4 Å². The minimum Gasteiger partial charge on any atom is -0.385 e. The number of benzene rings is 1. The van der Waals surface area contributed by atoms with Gasteiger partial charge in [0, 0.05) is 19.3 Å². The van der Waals surface area contributed by atoms with Crippen LogP contribution in [0.2, 0.25) is 0 Å². The molecule has 0 aliphatic heterocycles. The van der Waals surface area contributed by atoms with Crippen molar-refractivity contribution in [2.45, 2.75) is 25.6 Å². The summed E-state index contributed by atoms with van der Waals surface area (Å²) >= 11 is 0. The van der Waals surface area contributed by atoms with E-state index in [2.05, 4.69) is 5.43 Å². The third-order valence-corrected chi connectivity index (χ3v) is 3.19. The number of hydrogen-bond acceptors (Lipinski definition) is 3. The monoisotopic (exact) mass is 294 g/mol. The Balaban J connectivity index is 3.10. The second kappa shape index (κ2) is 7.01. The van der Waals surface area contributed by atoms with Crippen LogP contribution < -0.4 is 11.3 Å². The molecule has 1 rings (SSSR count). The molecule has 0 aliphatic carbocycles. The number of ether oxygens (including phenoxy) is 1. The molecule has 114 valence electrons. The van der Waals surface area contributed by atoms with Crippen LogP contribution in [-0.2, 0) is 10.9 Å². The Morgan fingerprint density at radius 2 is 2.00 bits per heavy atom. The van der Waals surface area contributed by atoms with Crippen LogP contribution in [-0.4, -0.2) is 13.7 Å². The van der Waals surface area contributed by atoms with Gasteiger partial charge in [0.05, 0.1) is 11.6 Å². The Morgan fingerprint density at radius 3 is 2.50 bits per heavy atom. The van der Waals surface area contributed by atoms with Gasteiger partial charge in [-0.1, -0.05) is 19.1 Å². The zero-order chi connectivity index (χ0) is 15.3. The summed E-state index contributed by atoms with van der Waals surface area (Å²) in [6.07, 6.45) is -4.18. The molecule has 0 spiro atoms. The summed E-state index contributed by atoms with van der Waals surface area (Å²) in [4.78, 5) is 0. The fourth-order valence-corrected chi connectivity index (χ4v) is 2.04. The molecule has 0 aliphatic rings. The normalized spacial score (nSPS) is 15.2. The molecule has 2 unspecified atom stereocenters. The van der Waals surface area contributed by atoms with Gasteiger partial charge in [-0.15, -0.1) is 0 Å². The van der Waals surface area contributed by atoms with E-state index in [-0.39, 0.29) is 11.5 Å². The summed E-state index contributed by atoms with van der Waals surface area (Å²) in [7, 11) is 1.52. The van der Waals surface area contributed by atoms with Crippen molar-refractivity contribution in [3.63, 3.8) is 0 Å². The highest BCUT2D eigenvalue weighted by Crippen LogP contribution is 2.35. The van der Waals surface area contributed by atoms with Gasteiger partial charge in [0.1, 0.15) is 5.82 Å². The molecular formula is C13H18F4N2O. The number of nitrogens with two attached hydrogens (primary N) is 1. The third kappa shape index (κ3) is 3.91. The van der Waals surface area contributed by atoms with Crippen LogP contribution in [0.3, 0.4) is 0 Å². The molecule has 3 nitrogen and oxygen atoms in total. The summed E-state index contributed by atoms with van der Waals surface area (Å²) in [6, 6.07) is 2.48. The maximum Gasteiger partial charge on any atom is 0.419 e. The van der Waals surface area contributed by atoms with Crippen molar-refractivity contribution in [1.82, 2.24) is 5.43 Å². The maximum atomic E-state index is 14.0. The van der Waals surface area contributed by atoms with Crippen molar-refractivity contribution in [3.05, 3.63) is 35.1 Å². The fourth-order valence-electron chi connectivity index (χ4n) is 2.04. The van der Waals surface area contributed by atoms with E-state index in [1.807, 2.05) is 0 Å². The van der Waals surface area contributed by atoms with E-state index in [1.54, 1.807) is 6.92 Å². The second-order valence-electron chi connectivity index (χ2n) is 4.61. The van der Waals surface area contributed by atoms with E-state index in [0.717, 1.165) is 0 Å². The first-order chi connectivity index (χ1) is 9.32. The Kier molecular flexibility index (Phi) is 5.91. The average molecular weight is 294 g/mol. The van der Waals surface area contributed by atoms with Gasteiger partial charge < -0.3 is 4.74 Å². The van der Waals surface area contributed by atoms with E-state index in [1.165, 1.54) is 19.2 Å². The molecule has 0 saturated carbocycles. The molecule has 0 heterocycles. The van der Waals surface area contributed by atoms with Crippen LogP contribution in [0.1, 0.15) is 30.5 Å². The molecule has 0 saturated heterocycles. The topological polar surface area (TPSA) is 47.3 Å². The Labute approximate surface area is 115 Å². The predicted molar refractivity (Wildman–Crippen MR) is 67.1 cm³/mol. The molecule has 0 amide bonds. The standard InChI is InChI=1S/C13H18F4N2O/c1-8(6-7-20-2)12(19-18)9-4-3-5-10(11(9)14)13(15,16)17/h3-5,8,12,19H,6-7,18H2,1-2H3. The fraction of sp³-hybridized carbons (Fsp3) is 0.538. The highest BCUT2D eigenvalue weighted by molar-refractivity contribution is 5.30. The molecule has 1 aromatic carbocycles. The Morgan fingerprint density at radius 1 is 1.35 bits per heavy atom.